The van der Waals surface area contributed by atoms with Gasteiger partial charge in [0.2, 0.25) is 5.91 Å². The highest BCUT2D eigenvalue weighted by Gasteiger charge is 2.24. The number of nitrogens with zero attached hydrogens (tertiary/aromatic N) is 1. The van der Waals surface area contributed by atoms with Gasteiger partial charge in [-0.25, -0.2) is 0 Å². The van der Waals surface area contributed by atoms with Crippen LogP contribution in [0.3, 0.4) is 0 Å². The van der Waals surface area contributed by atoms with Gasteiger partial charge in [-0.2, -0.15) is 0 Å². The van der Waals surface area contributed by atoms with E-state index in [1.165, 1.54) is 12.8 Å². The minimum absolute atomic E-state index is 0.0722. The minimum Gasteiger partial charge on any atom is -0.395 e. The van der Waals surface area contributed by atoms with Crippen molar-refractivity contribution in [3.63, 3.8) is 0 Å². The van der Waals surface area contributed by atoms with E-state index in [0.29, 0.717) is 23.3 Å². The summed E-state index contributed by atoms with van der Waals surface area (Å²) in [6.45, 7) is 0.895. The van der Waals surface area contributed by atoms with Gasteiger partial charge in [-0.05, 0) is 31.0 Å². The number of anilines is 1. The van der Waals surface area contributed by atoms with Crippen molar-refractivity contribution in [3.8, 4) is 0 Å². The molecule has 0 unspecified atom stereocenters. The van der Waals surface area contributed by atoms with E-state index in [2.05, 4.69) is 26.1 Å². The van der Waals surface area contributed by atoms with Crippen molar-refractivity contribution < 1.29 is 9.90 Å². The van der Waals surface area contributed by atoms with Gasteiger partial charge in [0.1, 0.15) is 0 Å². The Hall–Kier alpha value is -0.620. The summed E-state index contributed by atoms with van der Waals surface area (Å²) in [5.74, 6) is -0.0976. The van der Waals surface area contributed by atoms with E-state index < -0.39 is 0 Å². The Morgan fingerprint density at radius 1 is 1.43 bits per heavy atom. The van der Waals surface area contributed by atoms with Crippen molar-refractivity contribution in [2.45, 2.75) is 31.7 Å². The van der Waals surface area contributed by atoms with Crippen molar-refractivity contribution in [2.24, 2.45) is 0 Å². The first kappa shape index (κ1) is 16.7. The zero-order chi connectivity index (χ0) is 15.2. The van der Waals surface area contributed by atoms with E-state index in [-0.39, 0.29) is 19.1 Å². The number of amides is 1. The third-order valence-corrected chi connectivity index (χ3v) is 4.59. The van der Waals surface area contributed by atoms with Crippen molar-refractivity contribution >= 4 is 39.1 Å². The number of hydrogen-bond donors (Lipinski definition) is 2. The Kier molecular flexibility index (Phi) is 6.48. The van der Waals surface area contributed by atoms with Crippen LogP contribution in [0, 0.1) is 0 Å². The molecule has 4 nitrogen and oxygen atoms in total. The molecule has 0 bridgehead atoms. The van der Waals surface area contributed by atoms with Crippen LogP contribution in [0.1, 0.15) is 25.7 Å². The number of benzene rings is 1. The van der Waals surface area contributed by atoms with Crippen LogP contribution in [0.25, 0.3) is 0 Å². The largest absolute Gasteiger partial charge is 0.395 e. The fraction of sp³-hybridized carbons (Fsp3) is 0.533. The summed E-state index contributed by atoms with van der Waals surface area (Å²) in [7, 11) is 0. The van der Waals surface area contributed by atoms with Crippen LogP contribution >= 0.6 is 27.5 Å². The molecule has 0 heterocycles. The molecule has 1 aliphatic carbocycles. The quantitative estimate of drug-likeness (QED) is 0.802. The van der Waals surface area contributed by atoms with E-state index in [9.17, 15) is 9.90 Å². The molecule has 0 atom stereocenters. The molecule has 116 valence electrons. The maximum absolute atomic E-state index is 12.2. The van der Waals surface area contributed by atoms with Gasteiger partial charge in [-0.1, -0.05) is 40.4 Å². The molecule has 2 rings (SSSR count). The number of halogens is 2. The monoisotopic (exact) mass is 374 g/mol. The molecular formula is C15H20BrClN2O2. The average Bonchev–Trinajstić information content (AvgIpc) is 2.95. The Bertz CT molecular complexity index is 493. The maximum Gasteiger partial charge on any atom is 0.238 e. The summed E-state index contributed by atoms with van der Waals surface area (Å²) in [6.07, 6.45) is 4.61. The van der Waals surface area contributed by atoms with E-state index in [1.54, 1.807) is 12.1 Å². The van der Waals surface area contributed by atoms with Gasteiger partial charge in [0.15, 0.2) is 0 Å². The molecule has 2 N–H and O–H groups in total. The SMILES string of the molecule is O=C(CN(CCO)C1CCCC1)Nc1ccc(Br)cc1Cl. The second-order valence-electron chi connectivity index (χ2n) is 5.30. The lowest BCUT2D eigenvalue weighted by Gasteiger charge is -2.27. The average molecular weight is 376 g/mol. The van der Waals surface area contributed by atoms with E-state index in [4.69, 9.17) is 11.6 Å². The molecule has 0 aromatic heterocycles. The van der Waals surface area contributed by atoms with E-state index in [0.717, 1.165) is 17.3 Å². The van der Waals surface area contributed by atoms with Gasteiger partial charge in [-0.3, -0.25) is 9.69 Å². The third kappa shape index (κ3) is 4.95. The molecule has 1 aromatic rings. The molecule has 0 saturated heterocycles. The zero-order valence-corrected chi connectivity index (χ0v) is 14.2. The lowest BCUT2D eigenvalue weighted by Crippen LogP contribution is -2.41. The predicted molar refractivity (Wildman–Crippen MR) is 88.7 cm³/mol. The summed E-state index contributed by atoms with van der Waals surface area (Å²) in [5, 5.41) is 12.5. The second-order valence-corrected chi connectivity index (χ2v) is 6.63. The molecule has 1 amide bonds. The summed E-state index contributed by atoms with van der Waals surface area (Å²) in [6, 6.07) is 5.77. The van der Waals surface area contributed by atoms with E-state index in [1.807, 2.05) is 6.07 Å². The summed E-state index contributed by atoms with van der Waals surface area (Å²) < 4.78 is 0.873. The summed E-state index contributed by atoms with van der Waals surface area (Å²) in [4.78, 5) is 14.3. The fourth-order valence-corrected chi connectivity index (χ4v) is 3.47. The number of nitrogens with one attached hydrogen (secondary N) is 1. The molecule has 1 aromatic carbocycles. The molecular weight excluding hydrogens is 356 g/mol. The van der Waals surface area contributed by atoms with Crippen molar-refractivity contribution in [1.82, 2.24) is 4.90 Å². The van der Waals surface area contributed by atoms with Crippen LogP contribution in [0.4, 0.5) is 5.69 Å². The van der Waals surface area contributed by atoms with E-state index >= 15 is 0 Å². The fourth-order valence-electron chi connectivity index (χ4n) is 2.75. The standard InChI is InChI=1S/C15H20BrClN2O2/c16-11-5-6-14(13(17)9-11)18-15(21)10-19(7-8-20)12-3-1-2-4-12/h5-6,9,12,20H,1-4,7-8,10H2,(H,18,21). The number of rotatable bonds is 6. The van der Waals surface area contributed by atoms with Gasteiger partial charge in [-0.15, -0.1) is 0 Å². The minimum atomic E-state index is -0.0976. The molecule has 1 aliphatic rings. The Labute approximate surface area is 138 Å². The predicted octanol–water partition coefficient (Wildman–Crippen LogP) is 3.28. The van der Waals surface area contributed by atoms with Crippen molar-refractivity contribution in [3.05, 3.63) is 27.7 Å². The molecule has 6 heteroatoms. The normalized spacial score (nSPS) is 15.6. The van der Waals surface area contributed by atoms with Gasteiger partial charge >= 0.3 is 0 Å². The molecule has 0 radical (unpaired) electrons. The first-order valence-corrected chi connectivity index (χ1v) is 8.37. The van der Waals surface area contributed by atoms with Crippen LogP contribution in [-0.2, 0) is 4.79 Å². The molecule has 0 spiro atoms. The highest BCUT2D eigenvalue weighted by Crippen LogP contribution is 2.26. The van der Waals surface area contributed by atoms with Crippen molar-refractivity contribution in [1.29, 1.82) is 0 Å². The number of carbonyl (C=O) groups is 1. The first-order valence-electron chi connectivity index (χ1n) is 7.20. The number of aliphatic hydroxyl groups is 1. The highest BCUT2D eigenvalue weighted by atomic mass is 79.9. The first-order chi connectivity index (χ1) is 10.1. The van der Waals surface area contributed by atoms with Crippen LogP contribution in [0.2, 0.25) is 5.02 Å². The Balaban J connectivity index is 1.95. The molecule has 21 heavy (non-hydrogen) atoms. The highest BCUT2D eigenvalue weighted by molar-refractivity contribution is 9.10. The molecule has 1 saturated carbocycles. The lowest BCUT2D eigenvalue weighted by atomic mass is 10.2. The smallest absolute Gasteiger partial charge is 0.238 e. The van der Waals surface area contributed by atoms with Gasteiger partial charge in [0, 0.05) is 17.1 Å². The van der Waals surface area contributed by atoms with Crippen LogP contribution in [-0.4, -0.2) is 41.7 Å². The van der Waals surface area contributed by atoms with Crippen LogP contribution in [0.5, 0.6) is 0 Å². The second kappa shape index (κ2) is 8.13. The topological polar surface area (TPSA) is 52.6 Å². The van der Waals surface area contributed by atoms with Gasteiger partial charge in [0.05, 0.1) is 23.9 Å². The summed E-state index contributed by atoms with van der Waals surface area (Å²) >= 11 is 9.43. The number of hydrogen-bond acceptors (Lipinski definition) is 3. The van der Waals surface area contributed by atoms with Crippen LogP contribution < -0.4 is 5.32 Å². The third-order valence-electron chi connectivity index (χ3n) is 3.78. The maximum atomic E-state index is 12.2. The van der Waals surface area contributed by atoms with Crippen LogP contribution in [0.15, 0.2) is 22.7 Å². The Morgan fingerprint density at radius 2 is 2.14 bits per heavy atom. The van der Waals surface area contributed by atoms with Gasteiger partial charge < -0.3 is 10.4 Å². The number of carbonyl (C=O) groups excluding carboxylic acids is 1. The van der Waals surface area contributed by atoms with Crippen molar-refractivity contribution in [2.75, 3.05) is 25.0 Å². The lowest BCUT2D eigenvalue weighted by molar-refractivity contribution is -0.118. The Morgan fingerprint density at radius 3 is 2.76 bits per heavy atom. The molecule has 1 fully saturated rings. The zero-order valence-electron chi connectivity index (χ0n) is 11.8. The van der Waals surface area contributed by atoms with Gasteiger partial charge in [0.25, 0.3) is 0 Å². The summed E-state index contributed by atoms with van der Waals surface area (Å²) in [5.41, 5.74) is 0.611. The molecule has 0 aliphatic heterocycles. The number of aliphatic hydroxyl groups excluding tert-OH is 1.